The minimum Gasteiger partial charge on any atom is -0.450 e. The number of nitrogens with zero attached hydrogens (tertiary/aromatic N) is 2. The van der Waals surface area contributed by atoms with Gasteiger partial charge in [0.25, 0.3) is 0 Å². The molecule has 2 aliphatic rings. The maximum Gasteiger partial charge on any atom is 0.409 e. The molecule has 0 bridgehead atoms. The molecule has 116 valence electrons. The Bertz CT molecular complexity index is 303. The summed E-state index contributed by atoms with van der Waals surface area (Å²) in [4.78, 5) is 16.0. The highest BCUT2D eigenvalue weighted by Crippen LogP contribution is 2.17. The highest BCUT2D eigenvalue weighted by Gasteiger charge is 2.26. The molecule has 1 unspecified atom stereocenters. The Morgan fingerprint density at radius 2 is 1.95 bits per heavy atom. The maximum absolute atomic E-state index is 11.6. The molecule has 0 aromatic carbocycles. The summed E-state index contributed by atoms with van der Waals surface area (Å²) in [5.41, 5.74) is 0. The Morgan fingerprint density at radius 3 is 2.60 bits per heavy atom. The molecular formula is C15H29N3O2. The lowest BCUT2D eigenvalue weighted by Gasteiger charge is -2.33. The first-order valence-electron chi connectivity index (χ1n) is 8.13. The standard InChI is InChI=1S/C15H29N3O2/c1-3-17-9-5-6-14(17)12-16-13-7-10-18(11-8-13)15(19)20-4-2/h13-14,16H,3-12H2,1-2H3. The van der Waals surface area contributed by atoms with Crippen molar-refractivity contribution in [3.63, 3.8) is 0 Å². The van der Waals surface area contributed by atoms with Crippen molar-refractivity contribution in [1.82, 2.24) is 15.1 Å². The van der Waals surface area contributed by atoms with Gasteiger partial charge in [0.05, 0.1) is 6.61 Å². The summed E-state index contributed by atoms with van der Waals surface area (Å²) in [6.45, 7) is 9.71. The third kappa shape index (κ3) is 4.09. The lowest BCUT2D eigenvalue weighted by atomic mass is 10.0. The number of carbonyl (C=O) groups is 1. The number of carbonyl (C=O) groups excluding carboxylic acids is 1. The quantitative estimate of drug-likeness (QED) is 0.834. The first kappa shape index (κ1) is 15.6. The third-order valence-electron chi connectivity index (χ3n) is 4.57. The number of piperidine rings is 1. The first-order chi connectivity index (χ1) is 9.74. The fraction of sp³-hybridized carbons (Fsp3) is 0.933. The molecule has 0 aromatic heterocycles. The van der Waals surface area contributed by atoms with Gasteiger partial charge < -0.3 is 15.0 Å². The molecule has 1 amide bonds. The zero-order chi connectivity index (χ0) is 14.4. The molecule has 2 heterocycles. The smallest absolute Gasteiger partial charge is 0.409 e. The molecule has 0 aromatic rings. The monoisotopic (exact) mass is 283 g/mol. The molecule has 2 rings (SSSR count). The van der Waals surface area contributed by atoms with Crippen molar-refractivity contribution in [2.45, 2.75) is 51.6 Å². The van der Waals surface area contributed by atoms with Crippen molar-refractivity contribution in [3.8, 4) is 0 Å². The zero-order valence-electron chi connectivity index (χ0n) is 12.9. The highest BCUT2D eigenvalue weighted by atomic mass is 16.6. The summed E-state index contributed by atoms with van der Waals surface area (Å²) in [6, 6.07) is 1.27. The highest BCUT2D eigenvalue weighted by molar-refractivity contribution is 5.67. The van der Waals surface area contributed by atoms with E-state index in [1.165, 1.54) is 19.4 Å². The van der Waals surface area contributed by atoms with Gasteiger partial charge in [0.15, 0.2) is 0 Å². The van der Waals surface area contributed by atoms with Crippen molar-refractivity contribution in [2.75, 3.05) is 39.3 Å². The van der Waals surface area contributed by atoms with Crippen LogP contribution in [-0.4, -0.2) is 67.3 Å². The van der Waals surface area contributed by atoms with Crippen LogP contribution in [0.2, 0.25) is 0 Å². The van der Waals surface area contributed by atoms with Gasteiger partial charge in [-0.05, 0) is 45.7 Å². The fourth-order valence-corrected chi connectivity index (χ4v) is 3.33. The van der Waals surface area contributed by atoms with Crippen molar-refractivity contribution in [1.29, 1.82) is 0 Å². The SMILES string of the molecule is CCOC(=O)N1CCC(NCC2CCCN2CC)CC1. The van der Waals surface area contributed by atoms with Crippen LogP contribution in [0.5, 0.6) is 0 Å². The van der Waals surface area contributed by atoms with Crippen molar-refractivity contribution in [3.05, 3.63) is 0 Å². The number of amides is 1. The van der Waals surface area contributed by atoms with Crippen LogP contribution in [0.25, 0.3) is 0 Å². The van der Waals surface area contributed by atoms with Crippen LogP contribution < -0.4 is 5.32 Å². The summed E-state index contributed by atoms with van der Waals surface area (Å²) in [5, 5.41) is 3.70. The van der Waals surface area contributed by atoms with Crippen LogP contribution in [0.3, 0.4) is 0 Å². The average Bonchev–Trinajstić information content (AvgIpc) is 2.93. The average molecular weight is 283 g/mol. The van der Waals surface area contributed by atoms with E-state index >= 15 is 0 Å². The van der Waals surface area contributed by atoms with E-state index in [9.17, 15) is 4.79 Å². The first-order valence-corrected chi connectivity index (χ1v) is 8.13. The van der Waals surface area contributed by atoms with Crippen LogP contribution in [0, 0.1) is 0 Å². The van der Waals surface area contributed by atoms with E-state index in [0.717, 1.165) is 39.0 Å². The van der Waals surface area contributed by atoms with Gasteiger partial charge in [-0.15, -0.1) is 0 Å². The van der Waals surface area contributed by atoms with Gasteiger partial charge >= 0.3 is 6.09 Å². The number of hydrogen-bond donors (Lipinski definition) is 1. The van der Waals surface area contributed by atoms with E-state index in [2.05, 4.69) is 17.1 Å². The second-order valence-electron chi connectivity index (χ2n) is 5.79. The Balaban J connectivity index is 1.65. The predicted molar refractivity (Wildman–Crippen MR) is 79.9 cm³/mol. The molecular weight excluding hydrogens is 254 g/mol. The Hall–Kier alpha value is -0.810. The largest absolute Gasteiger partial charge is 0.450 e. The third-order valence-corrected chi connectivity index (χ3v) is 4.57. The molecule has 1 N–H and O–H groups in total. The minimum atomic E-state index is -0.154. The molecule has 5 nitrogen and oxygen atoms in total. The van der Waals surface area contributed by atoms with Crippen LogP contribution in [-0.2, 0) is 4.74 Å². The van der Waals surface area contributed by atoms with E-state index in [0.29, 0.717) is 18.7 Å². The molecule has 0 spiro atoms. The van der Waals surface area contributed by atoms with E-state index < -0.39 is 0 Å². The lowest BCUT2D eigenvalue weighted by molar-refractivity contribution is 0.0944. The van der Waals surface area contributed by atoms with Gasteiger partial charge in [-0.3, -0.25) is 4.90 Å². The molecule has 0 aliphatic carbocycles. The number of likely N-dealkylation sites (tertiary alicyclic amines) is 2. The summed E-state index contributed by atoms with van der Waals surface area (Å²) in [7, 11) is 0. The Labute approximate surface area is 122 Å². The van der Waals surface area contributed by atoms with E-state index in [4.69, 9.17) is 4.74 Å². The molecule has 0 radical (unpaired) electrons. The molecule has 5 heteroatoms. The predicted octanol–water partition coefficient (Wildman–Crippen LogP) is 1.68. The Kier molecular flexibility index (Phi) is 6.10. The van der Waals surface area contributed by atoms with E-state index in [1.807, 2.05) is 11.8 Å². The number of nitrogens with one attached hydrogen (secondary N) is 1. The minimum absolute atomic E-state index is 0.154. The molecule has 20 heavy (non-hydrogen) atoms. The number of likely N-dealkylation sites (N-methyl/N-ethyl adjacent to an activating group) is 1. The molecule has 0 saturated carbocycles. The van der Waals surface area contributed by atoms with Gasteiger partial charge in [0.2, 0.25) is 0 Å². The van der Waals surface area contributed by atoms with Crippen molar-refractivity contribution in [2.24, 2.45) is 0 Å². The van der Waals surface area contributed by atoms with Crippen molar-refractivity contribution >= 4 is 6.09 Å². The van der Waals surface area contributed by atoms with Crippen LogP contribution in [0.15, 0.2) is 0 Å². The van der Waals surface area contributed by atoms with Crippen LogP contribution in [0.4, 0.5) is 4.79 Å². The zero-order valence-corrected chi connectivity index (χ0v) is 12.9. The van der Waals surface area contributed by atoms with Gasteiger partial charge in [-0.1, -0.05) is 6.92 Å². The van der Waals surface area contributed by atoms with E-state index in [-0.39, 0.29) is 6.09 Å². The van der Waals surface area contributed by atoms with Crippen LogP contribution in [0.1, 0.15) is 39.5 Å². The number of hydrogen-bond acceptors (Lipinski definition) is 4. The van der Waals surface area contributed by atoms with Gasteiger partial charge in [0, 0.05) is 31.7 Å². The van der Waals surface area contributed by atoms with Gasteiger partial charge in [-0.2, -0.15) is 0 Å². The van der Waals surface area contributed by atoms with Gasteiger partial charge in [-0.25, -0.2) is 4.79 Å². The summed E-state index contributed by atoms with van der Waals surface area (Å²) >= 11 is 0. The topological polar surface area (TPSA) is 44.8 Å². The molecule has 1 atom stereocenters. The maximum atomic E-state index is 11.6. The van der Waals surface area contributed by atoms with Gasteiger partial charge in [0.1, 0.15) is 0 Å². The number of ether oxygens (including phenoxy) is 1. The molecule has 2 saturated heterocycles. The Morgan fingerprint density at radius 1 is 1.20 bits per heavy atom. The number of rotatable bonds is 5. The second-order valence-corrected chi connectivity index (χ2v) is 5.79. The summed E-state index contributed by atoms with van der Waals surface area (Å²) in [6.07, 6.45) is 4.58. The fourth-order valence-electron chi connectivity index (χ4n) is 3.33. The molecule has 2 aliphatic heterocycles. The summed E-state index contributed by atoms with van der Waals surface area (Å²) < 4.78 is 5.05. The van der Waals surface area contributed by atoms with Crippen LogP contribution >= 0.6 is 0 Å². The summed E-state index contributed by atoms with van der Waals surface area (Å²) in [5.74, 6) is 0. The van der Waals surface area contributed by atoms with Crippen molar-refractivity contribution < 1.29 is 9.53 Å². The normalized spacial score (nSPS) is 25.1. The van der Waals surface area contributed by atoms with E-state index in [1.54, 1.807) is 0 Å². The second kappa shape index (κ2) is 7.84. The molecule has 2 fully saturated rings. The lowest BCUT2D eigenvalue weighted by Crippen LogP contribution is -2.48.